The molecule has 0 saturated carbocycles. The molecule has 1 atom stereocenters. The first-order valence-corrected chi connectivity index (χ1v) is 7.80. The molecule has 1 aromatic rings. The summed E-state index contributed by atoms with van der Waals surface area (Å²) in [4.78, 5) is 15.5. The predicted molar refractivity (Wildman–Crippen MR) is 66.6 cm³/mol. The highest BCUT2D eigenvalue weighted by atomic mass is 32.2. The maximum Gasteiger partial charge on any atom is 0.220 e. The van der Waals surface area contributed by atoms with Gasteiger partial charge in [-0.2, -0.15) is 0 Å². The minimum absolute atomic E-state index is 0.0109. The zero-order valence-corrected chi connectivity index (χ0v) is 10.9. The third kappa shape index (κ3) is 3.83. The van der Waals surface area contributed by atoms with Crippen LogP contribution in [0.15, 0.2) is 18.7 Å². The van der Waals surface area contributed by atoms with E-state index in [4.69, 9.17) is 0 Å². The van der Waals surface area contributed by atoms with Gasteiger partial charge in [0.2, 0.25) is 5.91 Å². The first kappa shape index (κ1) is 13.1. The Morgan fingerprint density at radius 1 is 1.50 bits per heavy atom. The van der Waals surface area contributed by atoms with Crippen molar-refractivity contribution >= 4 is 15.7 Å². The Balaban J connectivity index is 1.67. The Hall–Kier alpha value is -1.37. The fourth-order valence-corrected chi connectivity index (χ4v) is 3.97. The van der Waals surface area contributed by atoms with Gasteiger partial charge in [-0.25, -0.2) is 13.4 Å². The highest BCUT2D eigenvalue weighted by molar-refractivity contribution is 7.91. The van der Waals surface area contributed by atoms with Crippen molar-refractivity contribution in [1.82, 2.24) is 14.9 Å². The van der Waals surface area contributed by atoms with Crippen LogP contribution in [0.25, 0.3) is 0 Å². The zero-order valence-electron chi connectivity index (χ0n) is 10.1. The minimum Gasteiger partial charge on any atom is -0.354 e. The van der Waals surface area contributed by atoms with E-state index in [-0.39, 0.29) is 23.3 Å². The van der Waals surface area contributed by atoms with Crippen LogP contribution in [0.1, 0.15) is 12.8 Å². The van der Waals surface area contributed by atoms with Gasteiger partial charge in [-0.05, 0) is 12.3 Å². The molecule has 1 aromatic heterocycles. The molecule has 2 heterocycles. The summed E-state index contributed by atoms with van der Waals surface area (Å²) in [6.45, 7) is 1.21. The number of nitrogens with one attached hydrogen (secondary N) is 1. The highest BCUT2D eigenvalue weighted by Crippen LogP contribution is 2.21. The standard InChI is InChI=1S/C11H17N3O3S/c15-11(7-10-1-6-18(16,17)8-10)13-3-5-14-4-2-12-9-14/h2,4,9-10H,1,3,5-8H2,(H,13,15). The van der Waals surface area contributed by atoms with E-state index < -0.39 is 9.84 Å². The Morgan fingerprint density at radius 2 is 2.33 bits per heavy atom. The minimum atomic E-state index is -2.89. The summed E-state index contributed by atoms with van der Waals surface area (Å²) >= 11 is 0. The molecule has 1 fully saturated rings. The molecule has 7 heteroatoms. The number of carbonyl (C=O) groups is 1. The van der Waals surface area contributed by atoms with Crippen molar-refractivity contribution in [3.8, 4) is 0 Å². The van der Waals surface area contributed by atoms with Crippen LogP contribution in [0, 0.1) is 5.92 Å². The zero-order chi connectivity index (χ0) is 13.0. The van der Waals surface area contributed by atoms with Crippen LogP contribution in [0.4, 0.5) is 0 Å². The maximum atomic E-state index is 11.6. The summed E-state index contributed by atoms with van der Waals surface area (Å²) in [6.07, 6.45) is 6.12. The van der Waals surface area contributed by atoms with Crippen molar-refractivity contribution < 1.29 is 13.2 Å². The molecule has 2 rings (SSSR count). The van der Waals surface area contributed by atoms with Crippen molar-refractivity contribution in [2.24, 2.45) is 5.92 Å². The number of amides is 1. The van der Waals surface area contributed by atoms with E-state index in [1.54, 1.807) is 12.5 Å². The van der Waals surface area contributed by atoms with E-state index in [1.165, 1.54) is 0 Å². The van der Waals surface area contributed by atoms with Gasteiger partial charge in [0.15, 0.2) is 9.84 Å². The number of hydrogen-bond acceptors (Lipinski definition) is 4. The average Bonchev–Trinajstić information content (AvgIpc) is 2.88. The molecule has 1 aliphatic rings. The van der Waals surface area contributed by atoms with Gasteiger partial charge in [-0.1, -0.05) is 0 Å². The van der Waals surface area contributed by atoms with Crippen LogP contribution < -0.4 is 5.32 Å². The van der Waals surface area contributed by atoms with E-state index in [1.807, 2.05) is 10.8 Å². The molecule has 0 aromatic carbocycles. The highest BCUT2D eigenvalue weighted by Gasteiger charge is 2.29. The predicted octanol–water partition coefficient (Wildman–Crippen LogP) is -0.176. The van der Waals surface area contributed by atoms with Crippen LogP contribution >= 0.6 is 0 Å². The largest absolute Gasteiger partial charge is 0.354 e. The third-order valence-corrected chi connectivity index (χ3v) is 4.89. The van der Waals surface area contributed by atoms with E-state index >= 15 is 0 Å². The Bertz CT molecular complexity index is 496. The molecule has 1 saturated heterocycles. The summed E-state index contributed by atoms with van der Waals surface area (Å²) in [6, 6.07) is 0. The topological polar surface area (TPSA) is 81.1 Å². The van der Waals surface area contributed by atoms with Crippen LogP contribution in [0.5, 0.6) is 0 Å². The normalized spacial score (nSPS) is 21.9. The lowest BCUT2D eigenvalue weighted by Crippen LogP contribution is -2.28. The van der Waals surface area contributed by atoms with Gasteiger partial charge in [-0.15, -0.1) is 0 Å². The summed E-state index contributed by atoms with van der Waals surface area (Å²) in [5.41, 5.74) is 0. The second-order valence-corrected chi connectivity index (χ2v) is 6.85. The van der Waals surface area contributed by atoms with Gasteiger partial charge in [0, 0.05) is 31.9 Å². The lowest BCUT2D eigenvalue weighted by molar-refractivity contribution is -0.121. The van der Waals surface area contributed by atoms with Crippen molar-refractivity contribution in [2.45, 2.75) is 19.4 Å². The van der Waals surface area contributed by atoms with Gasteiger partial charge < -0.3 is 9.88 Å². The van der Waals surface area contributed by atoms with Gasteiger partial charge in [-0.3, -0.25) is 4.79 Å². The van der Waals surface area contributed by atoms with E-state index in [9.17, 15) is 13.2 Å². The lowest BCUT2D eigenvalue weighted by atomic mass is 10.1. The summed E-state index contributed by atoms with van der Waals surface area (Å²) in [7, 11) is -2.89. The quantitative estimate of drug-likeness (QED) is 0.806. The van der Waals surface area contributed by atoms with Gasteiger partial charge in [0.25, 0.3) is 0 Å². The molecule has 0 spiro atoms. The van der Waals surface area contributed by atoms with E-state index in [0.717, 1.165) is 0 Å². The number of nitrogens with zero attached hydrogens (tertiary/aromatic N) is 2. The van der Waals surface area contributed by atoms with Crippen molar-refractivity contribution in [2.75, 3.05) is 18.1 Å². The lowest BCUT2D eigenvalue weighted by Gasteiger charge is -2.08. The van der Waals surface area contributed by atoms with Crippen LogP contribution in [0.2, 0.25) is 0 Å². The molecule has 1 aliphatic heterocycles. The Kier molecular flexibility index (Phi) is 4.00. The van der Waals surface area contributed by atoms with Gasteiger partial charge >= 0.3 is 0 Å². The molecule has 1 N–H and O–H groups in total. The fourth-order valence-electron chi connectivity index (χ4n) is 2.11. The number of rotatable bonds is 5. The molecular formula is C11H17N3O3S. The van der Waals surface area contributed by atoms with Crippen LogP contribution in [-0.2, 0) is 21.2 Å². The summed E-state index contributed by atoms with van der Waals surface area (Å²) in [5.74, 6) is 0.294. The first-order chi connectivity index (χ1) is 8.55. The third-order valence-electron chi connectivity index (χ3n) is 3.05. The van der Waals surface area contributed by atoms with E-state index in [2.05, 4.69) is 10.3 Å². The Labute approximate surface area is 106 Å². The molecule has 100 valence electrons. The SMILES string of the molecule is O=C(CC1CCS(=O)(=O)C1)NCCn1ccnc1. The second kappa shape index (κ2) is 5.51. The Morgan fingerprint density at radius 3 is 2.94 bits per heavy atom. The number of aromatic nitrogens is 2. The number of hydrogen-bond donors (Lipinski definition) is 1. The van der Waals surface area contributed by atoms with Gasteiger partial charge in [0.05, 0.1) is 17.8 Å². The second-order valence-electron chi connectivity index (χ2n) is 4.62. The molecule has 6 nitrogen and oxygen atoms in total. The van der Waals surface area contributed by atoms with Crippen molar-refractivity contribution in [1.29, 1.82) is 0 Å². The first-order valence-electron chi connectivity index (χ1n) is 5.98. The summed E-state index contributed by atoms with van der Waals surface area (Å²) < 4.78 is 24.4. The molecule has 1 amide bonds. The van der Waals surface area contributed by atoms with Crippen molar-refractivity contribution in [3.05, 3.63) is 18.7 Å². The van der Waals surface area contributed by atoms with E-state index in [0.29, 0.717) is 25.9 Å². The average molecular weight is 271 g/mol. The molecule has 18 heavy (non-hydrogen) atoms. The van der Waals surface area contributed by atoms with Crippen LogP contribution in [-0.4, -0.2) is 41.9 Å². The fraction of sp³-hybridized carbons (Fsp3) is 0.636. The van der Waals surface area contributed by atoms with Crippen molar-refractivity contribution in [3.63, 3.8) is 0 Å². The number of imidazole rings is 1. The maximum absolute atomic E-state index is 11.6. The molecule has 1 unspecified atom stereocenters. The monoisotopic (exact) mass is 271 g/mol. The smallest absolute Gasteiger partial charge is 0.220 e. The molecule has 0 bridgehead atoms. The molecule has 0 radical (unpaired) electrons. The molecular weight excluding hydrogens is 254 g/mol. The number of sulfone groups is 1. The van der Waals surface area contributed by atoms with Gasteiger partial charge in [0.1, 0.15) is 0 Å². The number of carbonyl (C=O) groups excluding carboxylic acids is 1. The molecule has 0 aliphatic carbocycles. The summed E-state index contributed by atoms with van der Waals surface area (Å²) in [5, 5.41) is 2.79. The van der Waals surface area contributed by atoms with Crippen LogP contribution in [0.3, 0.4) is 0 Å².